The zero-order chi connectivity index (χ0) is 13.2. The molecule has 0 amide bonds. The van der Waals surface area contributed by atoms with Crippen LogP contribution in [-0.2, 0) is 11.2 Å². The number of likely N-dealkylation sites (N-methyl/N-ethyl adjacent to an activating group) is 1. The van der Waals surface area contributed by atoms with Gasteiger partial charge in [0.15, 0.2) is 0 Å². The maximum atomic E-state index is 6.05. The van der Waals surface area contributed by atoms with Crippen molar-refractivity contribution in [3.8, 4) is 0 Å². The fourth-order valence-electron chi connectivity index (χ4n) is 2.60. The molecule has 2 unspecified atom stereocenters. The van der Waals surface area contributed by atoms with Crippen LogP contribution < -0.4 is 5.32 Å². The van der Waals surface area contributed by atoms with Crippen LogP contribution in [0.5, 0.6) is 0 Å². The molecule has 2 rings (SSSR count). The first-order valence-electron chi connectivity index (χ1n) is 6.30. The summed E-state index contributed by atoms with van der Waals surface area (Å²) in [6, 6.07) is 6.10. The third-order valence-electron chi connectivity index (χ3n) is 3.76. The van der Waals surface area contributed by atoms with Gasteiger partial charge in [0.25, 0.3) is 0 Å². The summed E-state index contributed by atoms with van der Waals surface area (Å²) in [6.07, 6.45) is 3.12. The Morgan fingerprint density at radius 1 is 1.39 bits per heavy atom. The third-order valence-corrected chi connectivity index (χ3v) is 4.50. The van der Waals surface area contributed by atoms with E-state index in [1.165, 1.54) is 5.56 Å². The highest BCUT2D eigenvalue weighted by molar-refractivity contribution is 6.42. The highest BCUT2D eigenvalue weighted by atomic mass is 35.5. The lowest BCUT2D eigenvalue weighted by Crippen LogP contribution is -2.48. The van der Waals surface area contributed by atoms with Crippen LogP contribution in [0.15, 0.2) is 18.2 Å². The summed E-state index contributed by atoms with van der Waals surface area (Å²) in [5.74, 6) is 0. The second-order valence-corrected chi connectivity index (χ2v) is 5.87. The topological polar surface area (TPSA) is 21.3 Å². The van der Waals surface area contributed by atoms with Crippen LogP contribution in [0.4, 0.5) is 0 Å². The molecule has 1 N–H and O–H groups in total. The molecule has 0 saturated carbocycles. The van der Waals surface area contributed by atoms with Gasteiger partial charge >= 0.3 is 0 Å². The van der Waals surface area contributed by atoms with Crippen LogP contribution in [0.1, 0.15) is 25.3 Å². The Kier molecular flexibility index (Phi) is 4.54. The van der Waals surface area contributed by atoms with Gasteiger partial charge in [-0.15, -0.1) is 0 Å². The van der Waals surface area contributed by atoms with Gasteiger partial charge in [0.1, 0.15) is 0 Å². The molecule has 2 atom stereocenters. The van der Waals surface area contributed by atoms with Crippen molar-refractivity contribution in [2.75, 3.05) is 13.7 Å². The van der Waals surface area contributed by atoms with Gasteiger partial charge in [0.05, 0.1) is 15.6 Å². The largest absolute Gasteiger partial charge is 0.374 e. The molecule has 1 aliphatic rings. The first kappa shape index (κ1) is 14.1. The van der Waals surface area contributed by atoms with Gasteiger partial charge in [-0.2, -0.15) is 0 Å². The molecule has 4 heteroatoms. The Labute approximate surface area is 119 Å². The summed E-state index contributed by atoms with van der Waals surface area (Å²) in [6.45, 7) is 3.04. The minimum absolute atomic E-state index is 0.0825. The van der Waals surface area contributed by atoms with Crippen LogP contribution in [0, 0.1) is 0 Å². The summed E-state index contributed by atoms with van der Waals surface area (Å²) in [5, 5.41) is 4.58. The van der Waals surface area contributed by atoms with E-state index in [4.69, 9.17) is 27.9 Å². The summed E-state index contributed by atoms with van der Waals surface area (Å²) in [5.41, 5.74) is 1.10. The molecule has 0 spiro atoms. The quantitative estimate of drug-likeness (QED) is 0.912. The van der Waals surface area contributed by atoms with E-state index in [9.17, 15) is 0 Å². The molecule has 1 aromatic carbocycles. The number of ether oxygens (including phenoxy) is 1. The molecular formula is C14H19Cl2NO. The first-order chi connectivity index (χ1) is 8.55. The second kappa shape index (κ2) is 5.79. The van der Waals surface area contributed by atoms with Crippen LogP contribution >= 0.6 is 23.2 Å². The van der Waals surface area contributed by atoms with E-state index < -0.39 is 0 Å². The highest BCUT2D eigenvalue weighted by Crippen LogP contribution is 2.31. The Bertz CT molecular complexity index is 416. The van der Waals surface area contributed by atoms with Gasteiger partial charge in [0, 0.05) is 12.6 Å². The van der Waals surface area contributed by atoms with E-state index in [1.54, 1.807) is 0 Å². The van der Waals surface area contributed by atoms with E-state index in [0.717, 1.165) is 25.9 Å². The highest BCUT2D eigenvalue weighted by Gasteiger charge is 2.37. The van der Waals surface area contributed by atoms with Crippen molar-refractivity contribution < 1.29 is 4.74 Å². The van der Waals surface area contributed by atoms with Crippen molar-refractivity contribution in [1.29, 1.82) is 0 Å². The lowest BCUT2D eigenvalue weighted by Gasteiger charge is -2.33. The van der Waals surface area contributed by atoms with Gasteiger partial charge in [-0.05, 0) is 50.9 Å². The van der Waals surface area contributed by atoms with Crippen molar-refractivity contribution in [2.24, 2.45) is 0 Å². The minimum atomic E-state index is -0.0825. The summed E-state index contributed by atoms with van der Waals surface area (Å²) in [4.78, 5) is 0. The number of halogens is 2. The SMILES string of the molecule is CNC(Cc1ccc(Cl)c(Cl)c1)C1(C)CCCO1. The molecular weight excluding hydrogens is 269 g/mol. The normalized spacial score (nSPS) is 25.3. The Balaban J connectivity index is 2.12. The van der Waals surface area contributed by atoms with Crippen molar-refractivity contribution in [2.45, 2.75) is 37.8 Å². The predicted molar refractivity (Wildman–Crippen MR) is 76.6 cm³/mol. The first-order valence-corrected chi connectivity index (χ1v) is 7.06. The number of benzene rings is 1. The monoisotopic (exact) mass is 287 g/mol. The van der Waals surface area contributed by atoms with Gasteiger partial charge < -0.3 is 10.1 Å². The fourth-order valence-corrected chi connectivity index (χ4v) is 2.92. The zero-order valence-corrected chi connectivity index (χ0v) is 12.3. The molecule has 1 fully saturated rings. The molecule has 1 aromatic rings. The molecule has 2 nitrogen and oxygen atoms in total. The Hall–Kier alpha value is -0.280. The van der Waals surface area contributed by atoms with E-state index >= 15 is 0 Å². The number of hydrogen-bond acceptors (Lipinski definition) is 2. The molecule has 0 aromatic heterocycles. The number of nitrogens with one attached hydrogen (secondary N) is 1. The second-order valence-electron chi connectivity index (χ2n) is 5.06. The van der Waals surface area contributed by atoms with E-state index in [-0.39, 0.29) is 11.6 Å². The molecule has 0 bridgehead atoms. The molecule has 100 valence electrons. The summed E-state index contributed by atoms with van der Waals surface area (Å²) < 4.78 is 5.90. The number of rotatable bonds is 4. The van der Waals surface area contributed by atoms with Crippen molar-refractivity contribution in [3.63, 3.8) is 0 Å². The van der Waals surface area contributed by atoms with Gasteiger partial charge in [-0.3, -0.25) is 0 Å². The molecule has 18 heavy (non-hydrogen) atoms. The smallest absolute Gasteiger partial charge is 0.0810 e. The van der Waals surface area contributed by atoms with Gasteiger partial charge in [0.2, 0.25) is 0 Å². The van der Waals surface area contributed by atoms with Crippen molar-refractivity contribution in [1.82, 2.24) is 5.32 Å². The predicted octanol–water partition coefficient (Wildman–Crippen LogP) is 3.69. The van der Waals surface area contributed by atoms with Gasteiger partial charge in [-0.1, -0.05) is 29.3 Å². The summed E-state index contributed by atoms with van der Waals surface area (Å²) in [7, 11) is 1.98. The van der Waals surface area contributed by atoms with E-state index in [2.05, 4.69) is 12.2 Å². The molecule has 0 radical (unpaired) electrons. The van der Waals surface area contributed by atoms with Crippen LogP contribution in [-0.4, -0.2) is 25.3 Å². The van der Waals surface area contributed by atoms with Crippen LogP contribution in [0.2, 0.25) is 10.0 Å². The standard InChI is InChI=1S/C14H19Cl2NO/c1-14(6-3-7-18-14)13(17-2)9-10-4-5-11(15)12(16)8-10/h4-5,8,13,17H,3,6-7,9H2,1-2H3. The Morgan fingerprint density at radius 2 is 2.17 bits per heavy atom. The summed E-state index contributed by atoms with van der Waals surface area (Å²) >= 11 is 12.0. The molecule has 1 saturated heterocycles. The van der Waals surface area contributed by atoms with E-state index in [0.29, 0.717) is 10.0 Å². The molecule has 0 aliphatic carbocycles. The van der Waals surface area contributed by atoms with Crippen LogP contribution in [0.25, 0.3) is 0 Å². The lowest BCUT2D eigenvalue weighted by molar-refractivity contribution is -0.00943. The number of hydrogen-bond donors (Lipinski definition) is 1. The average Bonchev–Trinajstić information content (AvgIpc) is 2.78. The van der Waals surface area contributed by atoms with Gasteiger partial charge in [-0.25, -0.2) is 0 Å². The van der Waals surface area contributed by atoms with Crippen LogP contribution in [0.3, 0.4) is 0 Å². The maximum absolute atomic E-state index is 6.05. The maximum Gasteiger partial charge on any atom is 0.0810 e. The van der Waals surface area contributed by atoms with Crippen molar-refractivity contribution in [3.05, 3.63) is 33.8 Å². The zero-order valence-electron chi connectivity index (χ0n) is 10.8. The third kappa shape index (κ3) is 3.00. The average molecular weight is 288 g/mol. The lowest BCUT2D eigenvalue weighted by atomic mass is 9.88. The molecule has 1 heterocycles. The van der Waals surface area contributed by atoms with Crippen molar-refractivity contribution >= 4 is 23.2 Å². The minimum Gasteiger partial charge on any atom is -0.374 e. The fraction of sp³-hybridized carbons (Fsp3) is 0.571. The molecule has 1 aliphatic heterocycles. The van der Waals surface area contributed by atoms with E-state index in [1.807, 2.05) is 25.2 Å². The Morgan fingerprint density at radius 3 is 2.72 bits per heavy atom.